The zero-order valence-corrected chi connectivity index (χ0v) is 29.9. The highest BCUT2D eigenvalue weighted by atomic mass is 15.0. The third kappa shape index (κ3) is 5.63. The van der Waals surface area contributed by atoms with E-state index in [0.29, 0.717) is 17.5 Å². The SMILES string of the molecule is c1ccc(-c2ccc(-c3nc(-c4ccc(-c5ccc6c(c5)-c5ccccc5C6(c5ccccc5)c5ccccc5)cc4)nc(-c4cccnc4)n3)cc2)cc1. The van der Waals surface area contributed by atoms with Gasteiger partial charge in [-0.15, -0.1) is 0 Å². The van der Waals surface area contributed by atoms with Crippen LogP contribution in [0.4, 0.5) is 0 Å². The standard InChI is InChI=1S/C51H34N4/c1-4-13-35(14-5-1)36-22-26-38(27-23-36)48-53-49(55-50(54-48)41-15-12-32-52-34-41)39-28-24-37(25-29-39)40-30-31-47-45(33-40)44-20-10-11-21-46(44)51(47,42-16-6-2-7-17-42)43-18-8-3-9-19-43/h1-34H. The first kappa shape index (κ1) is 32.4. The molecule has 258 valence electrons. The molecular weight excluding hydrogens is 669 g/mol. The Balaban J connectivity index is 1.04. The van der Waals surface area contributed by atoms with Gasteiger partial charge in [0.25, 0.3) is 0 Å². The first-order valence-corrected chi connectivity index (χ1v) is 18.5. The summed E-state index contributed by atoms with van der Waals surface area (Å²) in [5.74, 6) is 1.81. The van der Waals surface area contributed by atoms with E-state index in [1.807, 2.05) is 18.2 Å². The highest BCUT2D eigenvalue weighted by Gasteiger charge is 2.45. The van der Waals surface area contributed by atoms with Crippen LogP contribution >= 0.6 is 0 Å². The van der Waals surface area contributed by atoms with E-state index in [2.05, 4.69) is 181 Å². The normalized spacial score (nSPS) is 12.5. The number of hydrogen-bond acceptors (Lipinski definition) is 4. The van der Waals surface area contributed by atoms with Gasteiger partial charge in [0.1, 0.15) is 0 Å². The number of nitrogens with zero attached hydrogens (tertiary/aromatic N) is 4. The molecule has 1 aliphatic rings. The van der Waals surface area contributed by atoms with E-state index in [-0.39, 0.29) is 0 Å². The van der Waals surface area contributed by atoms with E-state index in [1.54, 1.807) is 12.4 Å². The van der Waals surface area contributed by atoms with Crippen molar-refractivity contribution in [3.63, 3.8) is 0 Å². The van der Waals surface area contributed by atoms with Crippen LogP contribution in [0.15, 0.2) is 207 Å². The first-order chi connectivity index (χ1) is 27.3. The largest absolute Gasteiger partial charge is 0.264 e. The first-order valence-electron chi connectivity index (χ1n) is 18.5. The van der Waals surface area contributed by atoms with Gasteiger partial charge in [-0.1, -0.05) is 176 Å². The Morgan fingerprint density at radius 3 is 1.33 bits per heavy atom. The Bertz CT molecular complexity index is 2730. The molecular formula is C51H34N4. The van der Waals surface area contributed by atoms with Crippen LogP contribution in [0.5, 0.6) is 0 Å². The number of hydrogen-bond donors (Lipinski definition) is 0. The molecule has 7 aromatic carbocycles. The molecule has 0 spiro atoms. The molecule has 0 radical (unpaired) electrons. The zero-order valence-electron chi connectivity index (χ0n) is 29.9. The molecule has 2 heterocycles. The molecule has 0 N–H and O–H groups in total. The van der Waals surface area contributed by atoms with Gasteiger partial charge in [0, 0.05) is 29.1 Å². The average Bonchev–Trinajstić information content (AvgIpc) is 3.58. The highest BCUT2D eigenvalue weighted by molar-refractivity contribution is 5.89. The quantitative estimate of drug-likeness (QED) is 0.166. The Hall–Kier alpha value is -7.30. The van der Waals surface area contributed by atoms with Crippen LogP contribution in [0.25, 0.3) is 67.5 Å². The number of benzene rings is 7. The summed E-state index contributed by atoms with van der Waals surface area (Å²) in [6, 6.07) is 68.9. The maximum absolute atomic E-state index is 5.01. The predicted molar refractivity (Wildman–Crippen MR) is 222 cm³/mol. The lowest BCUT2D eigenvalue weighted by Gasteiger charge is -2.33. The lowest BCUT2D eigenvalue weighted by atomic mass is 9.67. The molecule has 0 atom stereocenters. The van der Waals surface area contributed by atoms with Gasteiger partial charge in [0.15, 0.2) is 17.5 Å². The second-order valence-electron chi connectivity index (χ2n) is 13.9. The van der Waals surface area contributed by atoms with Crippen LogP contribution in [0.1, 0.15) is 22.3 Å². The van der Waals surface area contributed by atoms with E-state index in [9.17, 15) is 0 Å². The van der Waals surface area contributed by atoms with Crippen molar-refractivity contribution < 1.29 is 0 Å². The lowest BCUT2D eigenvalue weighted by Crippen LogP contribution is -2.28. The second kappa shape index (κ2) is 13.6. The summed E-state index contributed by atoms with van der Waals surface area (Å²) in [4.78, 5) is 19.2. The van der Waals surface area contributed by atoms with Gasteiger partial charge in [-0.25, -0.2) is 15.0 Å². The van der Waals surface area contributed by atoms with Crippen molar-refractivity contribution in [1.29, 1.82) is 0 Å². The molecule has 0 saturated heterocycles. The Labute approximate surface area is 320 Å². The minimum absolute atomic E-state index is 0.416. The zero-order chi connectivity index (χ0) is 36.6. The summed E-state index contributed by atoms with van der Waals surface area (Å²) in [5.41, 5.74) is 14.5. The summed E-state index contributed by atoms with van der Waals surface area (Å²) in [7, 11) is 0. The third-order valence-electron chi connectivity index (χ3n) is 10.7. The van der Waals surface area contributed by atoms with E-state index < -0.39 is 5.41 Å². The van der Waals surface area contributed by atoms with Crippen LogP contribution in [0.2, 0.25) is 0 Å². The maximum atomic E-state index is 5.01. The van der Waals surface area contributed by atoms with Crippen LogP contribution < -0.4 is 0 Å². The summed E-state index contributed by atoms with van der Waals surface area (Å²) in [6.45, 7) is 0. The topological polar surface area (TPSA) is 51.6 Å². The summed E-state index contributed by atoms with van der Waals surface area (Å²) < 4.78 is 0. The van der Waals surface area contributed by atoms with Crippen molar-refractivity contribution in [2.45, 2.75) is 5.41 Å². The van der Waals surface area contributed by atoms with Crippen molar-refractivity contribution >= 4 is 0 Å². The second-order valence-corrected chi connectivity index (χ2v) is 13.9. The minimum atomic E-state index is -0.416. The lowest BCUT2D eigenvalue weighted by molar-refractivity contribution is 0.768. The average molecular weight is 703 g/mol. The summed E-state index contributed by atoms with van der Waals surface area (Å²) in [5, 5.41) is 0. The van der Waals surface area contributed by atoms with E-state index >= 15 is 0 Å². The molecule has 9 aromatic rings. The van der Waals surface area contributed by atoms with Gasteiger partial charge in [-0.2, -0.15) is 0 Å². The molecule has 1 aliphatic carbocycles. The molecule has 4 heteroatoms. The molecule has 0 aliphatic heterocycles. The van der Waals surface area contributed by atoms with Crippen LogP contribution in [-0.2, 0) is 5.41 Å². The fourth-order valence-electron chi connectivity index (χ4n) is 8.14. The number of rotatable bonds is 7. The molecule has 0 saturated carbocycles. The predicted octanol–water partition coefficient (Wildman–Crippen LogP) is 12.0. The number of aromatic nitrogens is 4. The molecule has 0 amide bonds. The van der Waals surface area contributed by atoms with Gasteiger partial charge in [0.05, 0.1) is 5.41 Å². The maximum Gasteiger partial charge on any atom is 0.165 e. The Kier molecular flexibility index (Phi) is 8.00. The van der Waals surface area contributed by atoms with Crippen molar-refractivity contribution in [3.05, 3.63) is 229 Å². The third-order valence-corrected chi connectivity index (χ3v) is 10.7. The van der Waals surface area contributed by atoms with Crippen molar-refractivity contribution in [2.75, 3.05) is 0 Å². The van der Waals surface area contributed by atoms with Crippen molar-refractivity contribution in [2.24, 2.45) is 0 Å². The molecule has 0 unspecified atom stereocenters. The van der Waals surface area contributed by atoms with E-state index in [4.69, 9.17) is 15.0 Å². The van der Waals surface area contributed by atoms with Crippen LogP contribution in [0, 0.1) is 0 Å². The Morgan fingerprint density at radius 1 is 0.309 bits per heavy atom. The molecule has 0 fully saturated rings. The monoisotopic (exact) mass is 702 g/mol. The molecule has 55 heavy (non-hydrogen) atoms. The molecule has 4 nitrogen and oxygen atoms in total. The number of pyridine rings is 1. The molecule has 0 bridgehead atoms. The molecule has 2 aromatic heterocycles. The van der Waals surface area contributed by atoms with Crippen molar-refractivity contribution in [1.82, 2.24) is 19.9 Å². The Morgan fingerprint density at radius 2 is 0.745 bits per heavy atom. The smallest absolute Gasteiger partial charge is 0.165 e. The van der Waals surface area contributed by atoms with E-state index in [0.717, 1.165) is 33.4 Å². The van der Waals surface area contributed by atoms with Gasteiger partial charge in [0.2, 0.25) is 0 Å². The van der Waals surface area contributed by atoms with Gasteiger partial charge in [-0.05, 0) is 73.8 Å². The van der Waals surface area contributed by atoms with Crippen LogP contribution in [-0.4, -0.2) is 19.9 Å². The van der Waals surface area contributed by atoms with Gasteiger partial charge in [-0.3, -0.25) is 4.98 Å². The number of fused-ring (bicyclic) bond motifs is 3. The van der Waals surface area contributed by atoms with E-state index in [1.165, 1.54) is 38.9 Å². The van der Waals surface area contributed by atoms with Gasteiger partial charge < -0.3 is 0 Å². The fourth-order valence-corrected chi connectivity index (χ4v) is 8.14. The summed E-state index contributed by atoms with van der Waals surface area (Å²) in [6.07, 6.45) is 3.55. The van der Waals surface area contributed by atoms with Crippen molar-refractivity contribution in [3.8, 4) is 67.5 Å². The minimum Gasteiger partial charge on any atom is -0.264 e. The highest BCUT2D eigenvalue weighted by Crippen LogP contribution is 2.56. The van der Waals surface area contributed by atoms with Gasteiger partial charge >= 0.3 is 0 Å². The fraction of sp³-hybridized carbons (Fsp3) is 0.0196. The molecule has 10 rings (SSSR count). The summed E-state index contributed by atoms with van der Waals surface area (Å²) >= 11 is 0. The van der Waals surface area contributed by atoms with Crippen LogP contribution in [0.3, 0.4) is 0 Å².